The van der Waals surface area contributed by atoms with Crippen molar-refractivity contribution in [3.63, 3.8) is 0 Å². The maximum atomic E-state index is 6.17. The van der Waals surface area contributed by atoms with Crippen LogP contribution in [0.2, 0.25) is 4.34 Å². The summed E-state index contributed by atoms with van der Waals surface area (Å²) in [5.41, 5.74) is 0. The highest BCUT2D eigenvalue weighted by molar-refractivity contribution is 9.10. The van der Waals surface area contributed by atoms with E-state index in [9.17, 15) is 0 Å². The fourth-order valence-electron chi connectivity index (χ4n) is 3.00. The molecule has 0 saturated heterocycles. The Morgan fingerprint density at radius 2 is 2.16 bits per heavy atom. The fraction of sp³-hybridized carbons (Fsp3) is 0.733. The molecular formula is C15H23BrClNS. The first-order valence-corrected chi connectivity index (χ1v) is 9.37. The van der Waals surface area contributed by atoms with Crippen LogP contribution in [0.5, 0.6) is 0 Å². The molecule has 0 aliphatic heterocycles. The van der Waals surface area contributed by atoms with Gasteiger partial charge >= 0.3 is 0 Å². The summed E-state index contributed by atoms with van der Waals surface area (Å²) < 4.78 is 1.91. The molecule has 1 aromatic rings. The van der Waals surface area contributed by atoms with Gasteiger partial charge in [0.05, 0.1) is 0 Å². The van der Waals surface area contributed by atoms with Gasteiger partial charge in [-0.2, -0.15) is 0 Å². The Balaban J connectivity index is 1.91. The van der Waals surface area contributed by atoms with Gasteiger partial charge in [-0.3, -0.25) is 0 Å². The van der Waals surface area contributed by atoms with Gasteiger partial charge in [-0.15, -0.1) is 11.3 Å². The smallest absolute Gasteiger partial charge is 0.107 e. The lowest BCUT2D eigenvalue weighted by molar-refractivity contribution is 0.316. The Hall–Kier alpha value is 0.430. The summed E-state index contributed by atoms with van der Waals surface area (Å²) in [6, 6.07) is 2.65. The Labute approximate surface area is 134 Å². The third-order valence-electron chi connectivity index (χ3n) is 4.05. The molecule has 1 aliphatic rings. The van der Waals surface area contributed by atoms with Crippen molar-refractivity contribution in [1.29, 1.82) is 0 Å². The van der Waals surface area contributed by atoms with Gasteiger partial charge < -0.3 is 5.32 Å². The van der Waals surface area contributed by atoms with E-state index in [2.05, 4.69) is 34.2 Å². The molecule has 2 rings (SSSR count). The highest BCUT2D eigenvalue weighted by atomic mass is 79.9. The third-order valence-corrected chi connectivity index (χ3v) is 6.63. The van der Waals surface area contributed by atoms with Crippen LogP contribution in [0.3, 0.4) is 0 Å². The number of hydrogen-bond acceptors (Lipinski definition) is 2. The van der Waals surface area contributed by atoms with E-state index in [1.807, 2.05) is 0 Å². The number of rotatable bonds is 6. The molecule has 0 spiro atoms. The fourth-order valence-corrected chi connectivity index (χ4v) is 4.85. The molecular weight excluding hydrogens is 342 g/mol. The van der Waals surface area contributed by atoms with Crippen LogP contribution in [0.25, 0.3) is 0 Å². The summed E-state index contributed by atoms with van der Waals surface area (Å²) >= 11 is 11.4. The van der Waals surface area contributed by atoms with Crippen LogP contribution in [-0.2, 0) is 0 Å². The zero-order valence-corrected chi connectivity index (χ0v) is 14.7. The highest BCUT2D eigenvalue weighted by Gasteiger charge is 2.19. The minimum atomic E-state index is 0.473. The Kier molecular flexibility index (Phi) is 6.67. The van der Waals surface area contributed by atoms with E-state index in [4.69, 9.17) is 11.6 Å². The van der Waals surface area contributed by atoms with Gasteiger partial charge in [-0.05, 0) is 47.3 Å². The quantitative estimate of drug-likeness (QED) is 0.636. The highest BCUT2D eigenvalue weighted by Crippen LogP contribution is 2.38. The van der Waals surface area contributed by atoms with Crippen molar-refractivity contribution >= 4 is 38.9 Å². The van der Waals surface area contributed by atoms with E-state index in [0.717, 1.165) is 21.3 Å². The summed E-state index contributed by atoms with van der Waals surface area (Å²) in [5, 5.41) is 3.61. The standard InChI is InChI=1S/C15H23BrClNS/c1-2-18-13(14-10-12(16)15(17)19-14)9-8-11-6-4-3-5-7-11/h10-11,13,18H,2-9H2,1H3. The predicted octanol–water partition coefficient (Wildman–Crippen LogP) is 6.18. The molecule has 0 amide bonds. The topological polar surface area (TPSA) is 12.0 Å². The monoisotopic (exact) mass is 363 g/mol. The molecule has 1 aliphatic carbocycles. The van der Waals surface area contributed by atoms with Crippen LogP contribution in [-0.4, -0.2) is 6.54 Å². The van der Waals surface area contributed by atoms with Crippen LogP contribution < -0.4 is 5.32 Å². The first kappa shape index (κ1) is 15.8. The predicted molar refractivity (Wildman–Crippen MR) is 89.3 cm³/mol. The average molecular weight is 365 g/mol. The second-order valence-corrected chi connectivity index (χ2v) is 8.00. The lowest BCUT2D eigenvalue weighted by Crippen LogP contribution is -2.21. The minimum absolute atomic E-state index is 0.473. The van der Waals surface area contributed by atoms with Crippen molar-refractivity contribution in [2.75, 3.05) is 6.54 Å². The molecule has 0 radical (unpaired) electrons. The van der Waals surface area contributed by atoms with Crippen LogP contribution in [0, 0.1) is 5.92 Å². The van der Waals surface area contributed by atoms with Crippen molar-refractivity contribution in [3.8, 4) is 0 Å². The van der Waals surface area contributed by atoms with Crippen molar-refractivity contribution in [2.45, 2.75) is 57.9 Å². The average Bonchev–Trinajstić information content (AvgIpc) is 2.76. The van der Waals surface area contributed by atoms with Crippen LogP contribution in [0.4, 0.5) is 0 Å². The Bertz CT molecular complexity index is 368. The first-order chi connectivity index (χ1) is 9.20. The summed E-state index contributed by atoms with van der Waals surface area (Å²) in [6.07, 6.45) is 9.79. The van der Waals surface area contributed by atoms with Gasteiger partial charge in [-0.25, -0.2) is 0 Å². The summed E-state index contributed by atoms with van der Waals surface area (Å²) in [5.74, 6) is 0.953. The van der Waals surface area contributed by atoms with Gasteiger partial charge in [0.1, 0.15) is 4.34 Å². The first-order valence-electron chi connectivity index (χ1n) is 7.38. The lowest BCUT2D eigenvalue weighted by atomic mass is 9.85. The minimum Gasteiger partial charge on any atom is -0.310 e. The van der Waals surface area contributed by atoms with E-state index < -0.39 is 0 Å². The molecule has 1 aromatic heterocycles. The molecule has 1 nitrogen and oxygen atoms in total. The van der Waals surface area contributed by atoms with Gasteiger partial charge in [0.25, 0.3) is 0 Å². The molecule has 1 heterocycles. The number of hydrogen-bond donors (Lipinski definition) is 1. The molecule has 0 bridgehead atoms. The molecule has 108 valence electrons. The van der Waals surface area contributed by atoms with Crippen molar-refractivity contribution < 1.29 is 0 Å². The number of thiophene rings is 1. The molecule has 1 unspecified atom stereocenters. The summed E-state index contributed by atoms with van der Waals surface area (Å²) in [7, 11) is 0. The van der Waals surface area contributed by atoms with Crippen LogP contribution in [0.15, 0.2) is 10.5 Å². The van der Waals surface area contributed by atoms with E-state index in [1.54, 1.807) is 11.3 Å². The number of nitrogens with one attached hydrogen (secondary N) is 1. The molecule has 1 saturated carbocycles. The maximum absolute atomic E-state index is 6.17. The maximum Gasteiger partial charge on any atom is 0.107 e. The molecule has 4 heteroatoms. The van der Waals surface area contributed by atoms with E-state index in [1.165, 1.54) is 49.8 Å². The van der Waals surface area contributed by atoms with E-state index in [-0.39, 0.29) is 0 Å². The zero-order chi connectivity index (χ0) is 13.7. The van der Waals surface area contributed by atoms with Crippen molar-refractivity contribution in [3.05, 3.63) is 19.8 Å². The normalized spacial score (nSPS) is 18.7. The molecule has 19 heavy (non-hydrogen) atoms. The zero-order valence-electron chi connectivity index (χ0n) is 11.6. The molecule has 1 N–H and O–H groups in total. The SMILES string of the molecule is CCNC(CCC1CCCCC1)c1cc(Br)c(Cl)s1. The van der Waals surface area contributed by atoms with Gasteiger partial charge in [0, 0.05) is 15.4 Å². The van der Waals surface area contributed by atoms with Crippen LogP contribution in [0.1, 0.15) is 62.8 Å². The molecule has 1 atom stereocenters. The Morgan fingerprint density at radius 3 is 2.74 bits per heavy atom. The number of halogens is 2. The van der Waals surface area contributed by atoms with E-state index >= 15 is 0 Å². The van der Waals surface area contributed by atoms with Crippen LogP contribution >= 0.6 is 38.9 Å². The third kappa shape index (κ3) is 4.73. The largest absolute Gasteiger partial charge is 0.310 e. The second-order valence-electron chi connectivity index (χ2n) is 5.46. The van der Waals surface area contributed by atoms with Gasteiger partial charge in [-0.1, -0.05) is 50.6 Å². The summed E-state index contributed by atoms with van der Waals surface area (Å²) in [4.78, 5) is 1.37. The second kappa shape index (κ2) is 8.02. The van der Waals surface area contributed by atoms with Crippen molar-refractivity contribution in [2.24, 2.45) is 5.92 Å². The van der Waals surface area contributed by atoms with Crippen molar-refractivity contribution in [1.82, 2.24) is 5.32 Å². The molecule has 1 fully saturated rings. The lowest BCUT2D eigenvalue weighted by Gasteiger charge is -2.24. The molecule has 0 aromatic carbocycles. The van der Waals surface area contributed by atoms with E-state index in [0.29, 0.717) is 6.04 Å². The van der Waals surface area contributed by atoms with Gasteiger partial charge in [0.15, 0.2) is 0 Å². The van der Waals surface area contributed by atoms with Gasteiger partial charge in [0.2, 0.25) is 0 Å². The Morgan fingerprint density at radius 1 is 1.42 bits per heavy atom. The summed E-state index contributed by atoms with van der Waals surface area (Å²) in [6.45, 7) is 3.19.